The molecule has 24 heavy (non-hydrogen) atoms. The molecular weight excluding hydrogens is 318 g/mol. The Hall–Kier alpha value is -3.03. The highest BCUT2D eigenvalue weighted by molar-refractivity contribution is 5.75. The molecule has 0 aliphatic rings. The lowest BCUT2D eigenvalue weighted by Crippen LogP contribution is -2.05. The first-order valence-corrected chi connectivity index (χ1v) is 7.04. The molecule has 6 nitrogen and oxygen atoms in total. The molecule has 0 atom stereocenters. The SMILES string of the molecule is COc1ccc(CNc2cnc3cc(F)c(F)cc3n2)c(OC)n1. The van der Waals surface area contributed by atoms with E-state index in [0.29, 0.717) is 24.1 Å². The highest BCUT2D eigenvalue weighted by Gasteiger charge is 2.09. The van der Waals surface area contributed by atoms with Gasteiger partial charge in [-0.15, -0.1) is 0 Å². The molecule has 0 aliphatic carbocycles. The van der Waals surface area contributed by atoms with Crippen molar-refractivity contribution in [3.8, 4) is 11.8 Å². The third kappa shape index (κ3) is 3.17. The number of methoxy groups -OCH3 is 2. The molecule has 2 aromatic heterocycles. The zero-order valence-corrected chi connectivity index (χ0v) is 13.0. The van der Waals surface area contributed by atoms with Crippen molar-refractivity contribution in [1.29, 1.82) is 0 Å². The van der Waals surface area contributed by atoms with Gasteiger partial charge in [-0.3, -0.25) is 4.98 Å². The summed E-state index contributed by atoms with van der Waals surface area (Å²) in [5.74, 6) is -0.629. The van der Waals surface area contributed by atoms with Crippen molar-refractivity contribution in [3.05, 3.63) is 47.7 Å². The van der Waals surface area contributed by atoms with Crippen LogP contribution in [0.15, 0.2) is 30.5 Å². The summed E-state index contributed by atoms with van der Waals surface area (Å²) in [6.45, 7) is 0.365. The van der Waals surface area contributed by atoms with Gasteiger partial charge >= 0.3 is 0 Å². The molecule has 3 rings (SSSR count). The van der Waals surface area contributed by atoms with Gasteiger partial charge in [0.2, 0.25) is 11.8 Å². The minimum atomic E-state index is -0.963. The van der Waals surface area contributed by atoms with Gasteiger partial charge in [0, 0.05) is 30.3 Å². The second-order valence-electron chi connectivity index (χ2n) is 4.89. The smallest absolute Gasteiger partial charge is 0.221 e. The number of nitrogens with one attached hydrogen (secondary N) is 1. The summed E-state index contributed by atoms with van der Waals surface area (Å²) >= 11 is 0. The molecule has 0 fully saturated rings. The van der Waals surface area contributed by atoms with Gasteiger partial charge in [-0.1, -0.05) is 0 Å². The molecule has 1 N–H and O–H groups in total. The topological polar surface area (TPSA) is 69.2 Å². The molecule has 0 saturated carbocycles. The van der Waals surface area contributed by atoms with E-state index in [1.165, 1.54) is 20.4 Å². The van der Waals surface area contributed by atoms with E-state index in [1.807, 2.05) is 0 Å². The average Bonchev–Trinajstić information content (AvgIpc) is 2.60. The number of pyridine rings is 1. The van der Waals surface area contributed by atoms with Gasteiger partial charge in [-0.05, 0) is 6.07 Å². The highest BCUT2D eigenvalue weighted by Crippen LogP contribution is 2.21. The van der Waals surface area contributed by atoms with Crippen molar-refractivity contribution >= 4 is 16.9 Å². The monoisotopic (exact) mass is 332 g/mol. The molecular formula is C16H14F2N4O2. The Bertz CT molecular complexity index is 889. The Morgan fingerprint density at radius 3 is 2.46 bits per heavy atom. The van der Waals surface area contributed by atoms with Crippen LogP contribution in [0.2, 0.25) is 0 Å². The second kappa shape index (κ2) is 6.61. The normalized spacial score (nSPS) is 10.7. The van der Waals surface area contributed by atoms with E-state index in [2.05, 4.69) is 20.3 Å². The van der Waals surface area contributed by atoms with E-state index in [4.69, 9.17) is 9.47 Å². The Kier molecular flexibility index (Phi) is 4.37. The number of ether oxygens (including phenoxy) is 2. The Labute approximate surface area is 136 Å². The van der Waals surface area contributed by atoms with Crippen molar-refractivity contribution in [2.24, 2.45) is 0 Å². The van der Waals surface area contributed by atoms with Gasteiger partial charge in [-0.2, -0.15) is 4.98 Å². The molecule has 0 bridgehead atoms. The fourth-order valence-electron chi connectivity index (χ4n) is 2.16. The number of halogens is 2. The van der Waals surface area contributed by atoms with Crippen LogP contribution in [0.25, 0.3) is 11.0 Å². The van der Waals surface area contributed by atoms with Gasteiger partial charge in [0.05, 0.1) is 31.4 Å². The van der Waals surface area contributed by atoms with Crippen molar-refractivity contribution in [2.75, 3.05) is 19.5 Å². The van der Waals surface area contributed by atoms with Crippen molar-refractivity contribution < 1.29 is 18.3 Å². The average molecular weight is 332 g/mol. The Morgan fingerprint density at radius 1 is 1.00 bits per heavy atom. The quantitative estimate of drug-likeness (QED) is 0.775. The highest BCUT2D eigenvalue weighted by atomic mass is 19.2. The van der Waals surface area contributed by atoms with Crippen LogP contribution >= 0.6 is 0 Å². The predicted octanol–water partition coefficient (Wildman–Crippen LogP) is 2.93. The molecule has 0 spiro atoms. The summed E-state index contributed by atoms with van der Waals surface area (Å²) < 4.78 is 36.7. The number of nitrogens with zero attached hydrogens (tertiary/aromatic N) is 3. The molecule has 3 aromatic rings. The van der Waals surface area contributed by atoms with Crippen LogP contribution in [-0.4, -0.2) is 29.2 Å². The van der Waals surface area contributed by atoms with E-state index >= 15 is 0 Å². The first-order chi connectivity index (χ1) is 11.6. The molecule has 2 heterocycles. The van der Waals surface area contributed by atoms with E-state index in [1.54, 1.807) is 12.1 Å². The fraction of sp³-hybridized carbons (Fsp3) is 0.188. The minimum Gasteiger partial charge on any atom is -0.481 e. The Morgan fingerprint density at radius 2 is 1.75 bits per heavy atom. The van der Waals surface area contributed by atoms with Crippen LogP contribution < -0.4 is 14.8 Å². The van der Waals surface area contributed by atoms with Gasteiger partial charge < -0.3 is 14.8 Å². The number of anilines is 1. The number of fused-ring (bicyclic) bond motifs is 1. The Balaban J connectivity index is 1.82. The largest absolute Gasteiger partial charge is 0.481 e. The van der Waals surface area contributed by atoms with E-state index in [-0.39, 0.29) is 11.0 Å². The van der Waals surface area contributed by atoms with Crippen LogP contribution in [0.5, 0.6) is 11.8 Å². The first kappa shape index (κ1) is 15.9. The van der Waals surface area contributed by atoms with Gasteiger partial charge in [0.25, 0.3) is 0 Å². The molecule has 0 amide bonds. The van der Waals surface area contributed by atoms with Crippen LogP contribution in [-0.2, 0) is 6.54 Å². The van der Waals surface area contributed by atoms with E-state index in [0.717, 1.165) is 17.7 Å². The predicted molar refractivity (Wildman–Crippen MR) is 84.1 cm³/mol. The lowest BCUT2D eigenvalue weighted by atomic mass is 10.2. The summed E-state index contributed by atoms with van der Waals surface area (Å²) in [6.07, 6.45) is 1.45. The summed E-state index contributed by atoms with van der Waals surface area (Å²) in [6, 6.07) is 5.54. The number of hydrogen-bond donors (Lipinski definition) is 1. The van der Waals surface area contributed by atoms with Crippen molar-refractivity contribution in [3.63, 3.8) is 0 Å². The van der Waals surface area contributed by atoms with Gasteiger partial charge in [0.15, 0.2) is 11.6 Å². The summed E-state index contributed by atoms with van der Waals surface area (Å²) in [5, 5.41) is 3.05. The number of rotatable bonds is 5. The van der Waals surface area contributed by atoms with Crippen LogP contribution in [0.1, 0.15) is 5.56 Å². The zero-order valence-electron chi connectivity index (χ0n) is 13.0. The molecule has 0 unspecified atom stereocenters. The zero-order chi connectivity index (χ0) is 17.1. The maximum Gasteiger partial charge on any atom is 0.221 e. The van der Waals surface area contributed by atoms with Gasteiger partial charge in [0.1, 0.15) is 5.82 Å². The maximum atomic E-state index is 13.3. The third-order valence-electron chi connectivity index (χ3n) is 3.36. The molecule has 124 valence electrons. The van der Waals surface area contributed by atoms with Crippen molar-refractivity contribution in [2.45, 2.75) is 6.54 Å². The van der Waals surface area contributed by atoms with Crippen LogP contribution in [0, 0.1) is 11.6 Å². The first-order valence-electron chi connectivity index (χ1n) is 7.04. The standard InChI is InChI=1S/C16H14F2N4O2/c1-23-15-4-3-9(16(22-15)24-2)7-20-14-8-19-12-5-10(17)11(18)6-13(12)21-14/h3-6,8H,7H2,1-2H3,(H,20,21). The maximum absolute atomic E-state index is 13.3. The van der Waals surface area contributed by atoms with Crippen LogP contribution in [0.3, 0.4) is 0 Å². The molecule has 0 saturated heterocycles. The second-order valence-corrected chi connectivity index (χ2v) is 4.89. The van der Waals surface area contributed by atoms with E-state index in [9.17, 15) is 8.78 Å². The lowest BCUT2D eigenvalue weighted by Gasteiger charge is -2.10. The van der Waals surface area contributed by atoms with Gasteiger partial charge in [-0.25, -0.2) is 13.8 Å². The summed E-state index contributed by atoms with van der Waals surface area (Å²) in [5.41, 5.74) is 1.33. The molecule has 8 heteroatoms. The summed E-state index contributed by atoms with van der Waals surface area (Å²) in [7, 11) is 3.03. The third-order valence-corrected chi connectivity index (χ3v) is 3.36. The van der Waals surface area contributed by atoms with Crippen LogP contribution in [0.4, 0.5) is 14.6 Å². The number of benzene rings is 1. The minimum absolute atomic E-state index is 0.263. The summed E-state index contributed by atoms with van der Waals surface area (Å²) in [4.78, 5) is 12.5. The number of hydrogen-bond acceptors (Lipinski definition) is 6. The van der Waals surface area contributed by atoms with Crippen molar-refractivity contribution in [1.82, 2.24) is 15.0 Å². The van der Waals surface area contributed by atoms with E-state index < -0.39 is 11.6 Å². The molecule has 0 aliphatic heterocycles. The molecule has 1 aromatic carbocycles. The molecule has 0 radical (unpaired) electrons. The lowest BCUT2D eigenvalue weighted by molar-refractivity contribution is 0.361. The fourth-order valence-corrected chi connectivity index (χ4v) is 2.16. The number of aromatic nitrogens is 3.